The van der Waals surface area contributed by atoms with Gasteiger partial charge in [-0.3, -0.25) is 0 Å². The van der Waals surface area contributed by atoms with E-state index >= 15 is 0 Å². The monoisotopic (exact) mass is 256 g/mol. The first-order valence-corrected chi connectivity index (χ1v) is 6.58. The predicted octanol–water partition coefficient (Wildman–Crippen LogP) is 2.77. The van der Waals surface area contributed by atoms with E-state index in [-0.39, 0.29) is 6.61 Å². The largest absolute Gasteiger partial charge is 0.392 e. The molecule has 3 nitrogen and oxygen atoms in total. The first-order valence-electron chi connectivity index (χ1n) is 6.58. The summed E-state index contributed by atoms with van der Waals surface area (Å²) < 4.78 is 0. The SMILES string of the molecule is CCc1cc(CO)cc(N(C)Cc2ccccc2)n1. The molecule has 0 atom stereocenters. The van der Waals surface area contributed by atoms with Crippen LogP contribution in [0.5, 0.6) is 0 Å². The number of hydrogen-bond donors (Lipinski definition) is 1. The van der Waals surface area contributed by atoms with Crippen LogP contribution in [-0.4, -0.2) is 17.1 Å². The van der Waals surface area contributed by atoms with E-state index in [1.54, 1.807) is 0 Å². The normalized spacial score (nSPS) is 10.5. The standard InChI is InChI=1S/C16H20N2O/c1-3-15-9-14(12-19)10-16(17-15)18(2)11-13-7-5-4-6-8-13/h4-10,19H,3,11-12H2,1-2H3. The Morgan fingerprint density at radius 2 is 1.84 bits per heavy atom. The lowest BCUT2D eigenvalue weighted by molar-refractivity contribution is 0.281. The zero-order valence-corrected chi connectivity index (χ0v) is 11.5. The molecule has 0 fully saturated rings. The summed E-state index contributed by atoms with van der Waals surface area (Å²) in [6.07, 6.45) is 0.875. The van der Waals surface area contributed by atoms with Crippen LogP contribution in [0.3, 0.4) is 0 Å². The molecule has 0 unspecified atom stereocenters. The maximum absolute atomic E-state index is 9.31. The van der Waals surface area contributed by atoms with Crippen molar-refractivity contribution in [2.45, 2.75) is 26.5 Å². The zero-order chi connectivity index (χ0) is 13.7. The summed E-state index contributed by atoms with van der Waals surface area (Å²) in [5.41, 5.74) is 3.18. The average molecular weight is 256 g/mol. The van der Waals surface area contributed by atoms with E-state index in [0.29, 0.717) is 0 Å². The second-order valence-corrected chi connectivity index (χ2v) is 4.68. The van der Waals surface area contributed by atoms with Gasteiger partial charge in [0.05, 0.1) is 6.61 Å². The number of pyridine rings is 1. The Hall–Kier alpha value is -1.87. The second-order valence-electron chi connectivity index (χ2n) is 4.68. The molecule has 0 amide bonds. The highest BCUT2D eigenvalue weighted by atomic mass is 16.3. The molecule has 19 heavy (non-hydrogen) atoms. The molecule has 1 heterocycles. The molecule has 0 aliphatic rings. The van der Waals surface area contributed by atoms with Crippen LogP contribution in [0, 0.1) is 0 Å². The number of aryl methyl sites for hydroxylation is 1. The second kappa shape index (κ2) is 6.34. The van der Waals surface area contributed by atoms with Crippen LogP contribution < -0.4 is 4.90 Å². The van der Waals surface area contributed by atoms with Crippen molar-refractivity contribution < 1.29 is 5.11 Å². The van der Waals surface area contributed by atoms with Crippen LogP contribution in [0.2, 0.25) is 0 Å². The Balaban J connectivity index is 2.20. The number of anilines is 1. The lowest BCUT2D eigenvalue weighted by Crippen LogP contribution is -2.18. The molecule has 0 spiro atoms. The van der Waals surface area contributed by atoms with E-state index in [0.717, 1.165) is 30.0 Å². The maximum atomic E-state index is 9.31. The van der Waals surface area contributed by atoms with Gasteiger partial charge in [-0.1, -0.05) is 37.3 Å². The van der Waals surface area contributed by atoms with Crippen molar-refractivity contribution in [1.82, 2.24) is 4.98 Å². The van der Waals surface area contributed by atoms with Gasteiger partial charge in [-0.15, -0.1) is 0 Å². The van der Waals surface area contributed by atoms with E-state index in [2.05, 4.69) is 28.9 Å². The van der Waals surface area contributed by atoms with Crippen molar-refractivity contribution >= 4 is 5.82 Å². The van der Waals surface area contributed by atoms with E-state index in [4.69, 9.17) is 0 Å². The number of aromatic nitrogens is 1. The highest BCUT2D eigenvalue weighted by Gasteiger charge is 2.06. The van der Waals surface area contributed by atoms with Crippen LogP contribution in [0.4, 0.5) is 5.82 Å². The van der Waals surface area contributed by atoms with E-state index in [9.17, 15) is 5.11 Å². The fourth-order valence-corrected chi connectivity index (χ4v) is 2.04. The fourth-order valence-electron chi connectivity index (χ4n) is 2.04. The van der Waals surface area contributed by atoms with Crippen LogP contribution in [0.15, 0.2) is 42.5 Å². The maximum Gasteiger partial charge on any atom is 0.129 e. The molecule has 0 radical (unpaired) electrons. The van der Waals surface area contributed by atoms with Crippen molar-refractivity contribution in [1.29, 1.82) is 0 Å². The van der Waals surface area contributed by atoms with E-state index < -0.39 is 0 Å². The van der Waals surface area contributed by atoms with Gasteiger partial charge in [-0.25, -0.2) is 4.98 Å². The minimum atomic E-state index is 0.0572. The van der Waals surface area contributed by atoms with Gasteiger partial charge < -0.3 is 10.0 Å². The van der Waals surface area contributed by atoms with Crippen molar-refractivity contribution in [3.63, 3.8) is 0 Å². The fraction of sp³-hybridized carbons (Fsp3) is 0.312. The van der Waals surface area contributed by atoms with Crippen molar-refractivity contribution in [2.75, 3.05) is 11.9 Å². The average Bonchev–Trinajstić information content (AvgIpc) is 2.47. The molecule has 3 heteroatoms. The van der Waals surface area contributed by atoms with E-state index in [1.807, 2.05) is 37.4 Å². The van der Waals surface area contributed by atoms with Gasteiger partial charge in [0.15, 0.2) is 0 Å². The smallest absolute Gasteiger partial charge is 0.129 e. The molecule has 2 aromatic rings. The Bertz CT molecular complexity index is 503. The molecule has 0 saturated heterocycles. The van der Waals surface area contributed by atoms with Crippen LogP contribution in [0.25, 0.3) is 0 Å². The Kier molecular flexibility index (Phi) is 4.53. The Morgan fingerprint density at radius 1 is 1.11 bits per heavy atom. The van der Waals surface area contributed by atoms with Gasteiger partial charge in [-0.2, -0.15) is 0 Å². The molecule has 2 rings (SSSR count). The first-order chi connectivity index (χ1) is 9.22. The van der Waals surface area contributed by atoms with Crippen molar-refractivity contribution in [3.05, 3.63) is 59.3 Å². The van der Waals surface area contributed by atoms with Crippen LogP contribution in [0.1, 0.15) is 23.7 Å². The van der Waals surface area contributed by atoms with Crippen molar-refractivity contribution in [2.24, 2.45) is 0 Å². The molecule has 1 aromatic heterocycles. The third-order valence-corrected chi connectivity index (χ3v) is 3.12. The zero-order valence-electron chi connectivity index (χ0n) is 11.5. The molecule has 0 aliphatic heterocycles. The highest BCUT2D eigenvalue weighted by Crippen LogP contribution is 2.17. The van der Waals surface area contributed by atoms with Gasteiger partial charge in [0, 0.05) is 19.3 Å². The summed E-state index contributed by atoms with van der Waals surface area (Å²) in [5, 5.41) is 9.31. The molecular formula is C16H20N2O. The van der Waals surface area contributed by atoms with E-state index in [1.165, 1.54) is 5.56 Å². The number of aliphatic hydroxyl groups excluding tert-OH is 1. The lowest BCUT2D eigenvalue weighted by atomic mass is 10.2. The molecule has 0 bridgehead atoms. The first kappa shape index (κ1) is 13.6. The molecule has 0 aliphatic carbocycles. The number of hydrogen-bond acceptors (Lipinski definition) is 3. The summed E-state index contributed by atoms with van der Waals surface area (Å²) in [5.74, 6) is 0.909. The molecular weight excluding hydrogens is 236 g/mol. The quantitative estimate of drug-likeness (QED) is 0.893. The topological polar surface area (TPSA) is 36.4 Å². The third-order valence-electron chi connectivity index (χ3n) is 3.12. The minimum absolute atomic E-state index is 0.0572. The summed E-state index contributed by atoms with van der Waals surface area (Å²) in [6, 6.07) is 14.2. The van der Waals surface area contributed by atoms with Gasteiger partial charge >= 0.3 is 0 Å². The molecule has 100 valence electrons. The number of nitrogens with zero attached hydrogens (tertiary/aromatic N) is 2. The summed E-state index contributed by atoms with van der Waals surface area (Å²) >= 11 is 0. The Morgan fingerprint density at radius 3 is 2.47 bits per heavy atom. The number of rotatable bonds is 5. The van der Waals surface area contributed by atoms with Gasteiger partial charge in [-0.05, 0) is 29.7 Å². The van der Waals surface area contributed by atoms with Crippen molar-refractivity contribution in [3.8, 4) is 0 Å². The summed E-state index contributed by atoms with van der Waals surface area (Å²) in [4.78, 5) is 6.72. The van der Waals surface area contributed by atoms with Crippen LogP contribution in [-0.2, 0) is 19.6 Å². The predicted molar refractivity (Wildman–Crippen MR) is 78.1 cm³/mol. The highest BCUT2D eigenvalue weighted by molar-refractivity contribution is 5.42. The Labute approximate surface area is 114 Å². The van der Waals surface area contributed by atoms with Crippen LogP contribution >= 0.6 is 0 Å². The van der Waals surface area contributed by atoms with Gasteiger partial charge in [0.25, 0.3) is 0 Å². The molecule has 1 N–H and O–H groups in total. The van der Waals surface area contributed by atoms with Gasteiger partial charge in [0.1, 0.15) is 5.82 Å². The third kappa shape index (κ3) is 3.55. The summed E-state index contributed by atoms with van der Waals surface area (Å²) in [6.45, 7) is 2.94. The number of aliphatic hydroxyl groups is 1. The molecule has 1 aromatic carbocycles. The minimum Gasteiger partial charge on any atom is -0.392 e. The lowest BCUT2D eigenvalue weighted by Gasteiger charge is -2.19. The summed E-state index contributed by atoms with van der Waals surface area (Å²) in [7, 11) is 2.02. The van der Waals surface area contributed by atoms with Gasteiger partial charge in [0.2, 0.25) is 0 Å². The number of benzene rings is 1. The molecule has 0 saturated carbocycles.